The Labute approximate surface area is 155 Å². The number of nitrogens with zero attached hydrogens (tertiary/aromatic N) is 1. The van der Waals surface area contributed by atoms with E-state index in [0.717, 1.165) is 18.3 Å². The van der Waals surface area contributed by atoms with Gasteiger partial charge in [-0.05, 0) is 45.3 Å². The zero-order valence-corrected chi connectivity index (χ0v) is 16.1. The number of rotatable bonds is 4. The summed E-state index contributed by atoms with van der Waals surface area (Å²) in [6, 6.07) is 5.81. The van der Waals surface area contributed by atoms with Crippen molar-refractivity contribution in [1.29, 1.82) is 5.26 Å². The number of methoxy groups -OCH3 is 1. The van der Waals surface area contributed by atoms with Crippen LogP contribution in [0, 0.1) is 11.3 Å². The lowest BCUT2D eigenvalue weighted by molar-refractivity contribution is 0.00578. The van der Waals surface area contributed by atoms with E-state index in [-0.39, 0.29) is 6.10 Å². The standard InChI is InChI=1S/C19H26BNO5/c1-18(2)19(3,4)26-20(25-18)14-10-13(12-21)17(16(11-14)22-5)24-15-6-8-23-9-7-15/h10-11,15H,6-9H2,1-5H3. The first-order valence-electron chi connectivity index (χ1n) is 8.99. The lowest BCUT2D eigenvalue weighted by Crippen LogP contribution is -2.41. The number of hydrogen-bond acceptors (Lipinski definition) is 6. The van der Waals surface area contributed by atoms with Gasteiger partial charge in [-0.15, -0.1) is 0 Å². The van der Waals surface area contributed by atoms with Gasteiger partial charge in [0.2, 0.25) is 0 Å². The van der Waals surface area contributed by atoms with Gasteiger partial charge in [0.25, 0.3) is 0 Å². The quantitative estimate of drug-likeness (QED) is 0.769. The maximum absolute atomic E-state index is 9.65. The Bertz CT molecular complexity index is 691. The van der Waals surface area contributed by atoms with E-state index in [1.165, 1.54) is 0 Å². The van der Waals surface area contributed by atoms with Crippen molar-refractivity contribution in [2.24, 2.45) is 0 Å². The largest absolute Gasteiger partial charge is 0.495 e. The summed E-state index contributed by atoms with van der Waals surface area (Å²) in [5, 5.41) is 9.65. The summed E-state index contributed by atoms with van der Waals surface area (Å²) in [5.74, 6) is 0.988. The highest BCUT2D eigenvalue weighted by Gasteiger charge is 2.52. The van der Waals surface area contributed by atoms with Gasteiger partial charge in [-0.1, -0.05) is 0 Å². The highest BCUT2D eigenvalue weighted by Crippen LogP contribution is 2.38. The van der Waals surface area contributed by atoms with E-state index in [9.17, 15) is 5.26 Å². The molecule has 2 aliphatic rings. The molecular weight excluding hydrogens is 333 g/mol. The van der Waals surface area contributed by atoms with Crippen LogP contribution in [0.25, 0.3) is 0 Å². The van der Waals surface area contributed by atoms with Crippen LogP contribution in [0.5, 0.6) is 11.5 Å². The average Bonchev–Trinajstić information content (AvgIpc) is 2.83. The molecule has 2 aliphatic heterocycles. The van der Waals surface area contributed by atoms with Crippen LogP contribution < -0.4 is 14.9 Å². The fourth-order valence-electron chi connectivity index (χ4n) is 3.06. The number of hydrogen-bond donors (Lipinski definition) is 0. The Morgan fingerprint density at radius 1 is 1.12 bits per heavy atom. The molecule has 6 nitrogen and oxygen atoms in total. The van der Waals surface area contributed by atoms with Crippen LogP contribution >= 0.6 is 0 Å². The third kappa shape index (κ3) is 3.55. The molecule has 0 saturated carbocycles. The number of nitriles is 1. The summed E-state index contributed by atoms with van der Waals surface area (Å²) in [4.78, 5) is 0. The summed E-state index contributed by atoms with van der Waals surface area (Å²) in [7, 11) is 1.01. The van der Waals surface area contributed by atoms with E-state index in [4.69, 9.17) is 23.5 Å². The Morgan fingerprint density at radius 2 is 1.73 bits per heavy atom. The minimum atomic E-state index is -0.557. The molecule has 0 spiro atoms. The molecule has 3 rings (SSSR count). The van der Waals surface area contributed by atoms with Gasteiger partial charge < -0.3 is 23.5 Å². The van der Waals surface area contributed by atoms with Gasteiger partial charge in [0.1, 0.15) is 12.2 Å². The molecule has 0 radical (unpaired) electrons. The molecule has 1 aromatic rings. The Balaban J connectivity index is 1.91. The third-order valence-electron chi connectivity index (χ3n) is 5.40. The molecule has 2 fully saturated rings. The van der Waals surface area contributed by atoms with Crippen LogP contribution in [0.3, 0.4) is 0 Å². The summed E-state index contributed by atoms with van der Waals surface area (Å²) in [6.45, 7) is 9.33. The lowest BCUT2D eigenvalue weighted by atomic mass is 9.78. The van der Waals surface area contributed by atoms with Crippen molar-refractivity contribution in [3.63, 3.8) is 0 Å². The molecule has 140 valence electrons. The molecule has 7 heteroatoms. The molecule has 2 saturated heterocycles. The Kier molecular flexibility index (Phi) is 5.20. The van der Waals surface area contributed by atoms with Crippen molar-refractivity contribution in [3.8, 4) is 17.6 Å². The predicted octanol–water partition coefficient (Wildman–Crippen LogP) is 2.42. The van der Waals surface area contributed by atoms with E-state index >= 15 is 0 Å². The van der Waals surface area contributed by atoms with E-state index < -0.39 is 18.3 Å². The SMILES string of the molecule is COc1cc(B2OC(C)(C)C(C)(C)O2)cc(C#N)c1OC1CCOCC1. The first-order chi connectivity index (χ1) is 12.3. The Morgan fingerprint density at radius 3 is 2.27 bits per heavy atom. The van der Waals surface area contributed by atoms with Crippen molar-refractivity contribution in [3.05, 3.63) is 17.7 Å². The lowest BCUT2D eigenvalue weighted by Gasteiger charge is -2.32. The van der Waals surface area contributed by atoms with Crippen LogP contribution in [0.4, 0.5) is 0 Å². The fraction of sp³-hybridized carbons (Fsp3) is 0.632. The van der Waals surface area contributed by atoms with E-state index in [1.54, 1.807) is 13.2 Å². The summed E-state index contributed by atoms with van der Waals surface area (Å²) in [6.07, 6.45) is 1.62. The molecule has 1 aromatic carbocycles. The van der Waals surface area contributed by atoms with Gasteiger partial charge in [0, 0.05) is 12.8 Å². The predicted molar refractivity (Wildman–Crippen MR) is 97.9 cm³/mol. The normalized spacial score (nSPS) is 22.1. The fourth-order valence-corrected chi connectivity index (χ4v) is 3.06. The topological polar surface area (TPSA) is 69.9 Å². The average molecular weight is 359 g/mol. The van der Waals surface area contributed by atoms with Crippen LogP contribution in [0.1, 0.15) is 46.1 Å². The first-order valence-corrected chi connectivity index (χ1v) is 8.99. The molecule has 0 bridgehead atoms. The zero-order valence-electron chi connectivity index (χ0n) is 16.1. The monoisotopic (exact) mass is 359 g/mol. The van der Waals surface area contributed by atoms with Gasteiger partial charge in [-0.3, -0.25) is 0 Å². The van der Waals surface area contributed by atoms with Crippen LogP contribution in [-0.4, -0.2) is 44.7 Å². The van der Waals surface area contributed by atoms with Crippen molar-refractivity contribution >= 4 is 12.6 Å². The second-order valence-electron chi connectivity index (χ2n) is 7.73. The van der Waals surface area contributed by atoms with Crippen LogP contribution in [0.15, 0.2) is 12.1 Å². The first kappa shape index (κ1) is 19.0. The second-order valence-corrected chi connectivity index (χ2v) is 7.73. The minimum absolute atomic E-state index is 0.0208. The number of ether oxygens (including phenoxy) is 3. The molecule has 2 heterocycles. The van der Waals surface area contributed by atoms with Crippen molar-refractivity contribution in [2.75, 3.05) is 20.3 Å². The highest BCUT2D eigenvalue weighted by molar-refractivity contribution is 6.62. The summed E-state index contributed by atoms with van der Waals surface area (Å²) in [5.41, 5.74) is 0.265. The zero-order chi connectivity index (χ0) is 18.9. The van der Waals surface area contributed by atoms with Gasteiger partial charge in [-0.2, -0.15) is 5.26 Å². The van der Waals surface area contributed by atoms with E-state index in [2.05, 4.69) is 6.07 Å². The third-order valence-corrected chi connectivity index (χ3v) is 5.40. The second kappa shape index (κ2) is 7.11. The molecule has 0 unspecified atom stereocenters. The number of benzene rings is 1. The summed E-state index contributed by atoms with van der Waals surface area (Å²) < 4.78 is 29.2. The van der Waals surface area contributed by atoms with Crippen LogP contribution in [-0.2, 0) is 14.0 Å². The van der Waals surface area contributed by atoms with Crippen molar-refractivity contribution in [2.45, 2.75) is 57.8 Å². The van der Waals surface area contributed by atoms with Gasteiger partial charge in [0.15, 0.2) is 11.5 Å². The van der Waals surface area contributed by atoms with E-state index in [0.29, 0.717) is 30.3 Å². The molecule has 26 heavy (non-hydrogen) atoms. The molecule has 0 N–H and O–H groups in total. The van der Waals surface area contributed by atoms with E-state index in [1.807, 2.05) is 33.8 Å². The van der Waals surface area contributed by atoms with Gasteiger partial charge in [-0.25, -0.2) is 0 Å². The molecule has 0 amide bonds. The summed E-state index contributed by atoms with van der Waals surface area (Å²) >= 11 is 0. The molecule has 0 aromatic heterocycles. The molecule has 0 aliphatic carbocycles. The molecular formula is C19H26BNO5. The van der Waals surface area contributed by atoms with Gasteiger partial charge >= 0.3 is 7.12 Å². The smallest absolute Gasteiger partial charge is 0.493 e. The minimum Gasteiger partial charge on any atom is -0.493 e. The molecule has 0 atom stereocenters. The van der Waals surface area contributed by atoms with Crippen molar-refractivity contribution in [1.82, 2.24) is 0 Å². The maximum atomic E-state index is 9.65. The van der Waals surface area contributed by atoms with Crippen LogP contribution in [0.2, 0.25) is 0 Å². The van der Waals surface area contributed by atoms with Crippen molar-refractivity contribution < 1.29 is 23.5 Å². The highest BCUT2D eigenvalue weighted by atomic mass is 16.7. The van der Waals surface area contributed by atoms with Gasteiger partial charge in [0.05, 0.1) is 37.1 Å². The Hall–Kier alpha value is -1.75. The maximum Gasteiger partial charge on any atom is 0.495 e.